The van der Waals surface area contributed by atoms with E-state index in [0.717, 1.165) is 29.0 Å². The zero-order valence-electron chi connectivity index (χ0n) is 11.7. The Hall–Kier alpha value is -1.44. The molecule has 0 saturated heterocycles. The second-order valence-corrected chi connectivity index (χ2v) is 8.05. The van der Waals surface area contributed by atoms with Crippen LogP contribution < -0.4 is 10.5 Å². The van der Waals surface area contributed by atoms with Crippen molar-refractivity contribution in [1.82, 2.24) is 9.71 Å². The van der Waals surface area contributed by atoms with Crippen LogP contribution in [0.1, 0.15) is 22.6 Å². The normalized spacial score (nSPS) is 18.4. The molecule has 1 aromatic heterocycles. The maximum absolute atomic E-state index is 12.5. The number of rotatable bonds is 3. The number of hydrogen-bond acceptors (Lipinski definition) is 5. The Balaban J connectivity index is 1.80. The van der Waals surface area contributed by atoms with E-state index < -0.39 is 10.0 Å². The zero-order valence-corrected chi connectivity index (χ0v) is 13.3. The van der Waals surface area contributed by atoms with Crippen LogP contribution in [0.3, 0.4) is 0 Å². The Morgan fingerprint density at radius 3 is 2.90 bits per heavy atom. The average Bonchev–Trinajstić information content (AvgIpc) is 2.78. The molecular formula is C14H17N3O2S2. The highest BCUT2D eigenvalue weighted by Crippen LogP contribution is 2.29. The number of nitrogen functional groups attached to an aromatic ring is 1. The molecule has 1 aromatic carbocycles. The monoisotopic (exact) mass is 323 g/mol. The van der Waals surface area contributed by atoms with Crippen molar-refractivity contribution in [3.8, 4) is 0 Å². The summed E-state index contributed by atoms with van der Waals surface area (Å²) in [7, 11) is -3.48. The predicted octanol–water partition coefficient (Wildman–Crippen LogP) is 1.87. The van der Waals surface area contributed by atoms with E-state index in [0.29, 0.717) is 16.4 Å². The standard InChI is InChI=1S/C14H17N3O2S2/c1-9-4-2-3-5-13(9)21(18,19)17-10-6-7-11-12(8-10)20-14(15)16-11/h2-5,10,17H,6-8H2,1H3,(H2,15,16). The Kier molecular flexibility index (Phi) is 3.73. The van der Waals surface area contributed by atoms with E-state index in [1.54, 1.807) is 25.1 Å². The van der Waals surface area contributed by atoms with E-state index in [1.807, 2.05) is 6.07 Å². The van der Waals surface area contributed by atoms with Gasteiger partial charge in [0.1, 0.15) is 0 Å². The van der Waals surface area contributed by atoms with Gasteiger partial charge >= 0.3 is 0 Å². The van der Waals surface area contributed by atoms with Crippen molar-refractivity contribution < 1.29 is 8.42 Å². The van der Waals surface area contributed by atoms with Crippen molar-refractivity contribution in [3.63, 3.8) is 0 Å². The van der Waals surface area contributed by atoms with Crippen LogP contribution >= 0.6 is 11.3 Å². The van der Waals surface area contributed by atoms with Gasteiger partial charge in [0.25, 0.3) is 0 Å². The molecule has 0 radical (unpaired) electrons. The van der Waals surface area contributed by atoms with Gasteiger partial charge in [0.2, 0.25) is 10.0 Å². The number of sulfonamides is 1. The molecule has 7 heteroatoms. The number of aromatic nitrogens is 1. The highest BCUT2D eigenvalue weighted by atomic mass is 32.2. The van der Waals surface area contributed by atoms with E-state index in [2.05, 4.69) is 9.71 Å². The van der Waals surface area contributed by atoms with Crippen LogP contribution in [0.25, 0.3) is 0 Å². The van der Waals surface area contributed by atoms with Crippen LogP contribution in [0.5, 0.6) is 0 Å². The van der Waals surface area contributed by atoms with Gasteiger partial charge in [-0.3, -0.25) is 0 Å². The fourth-order valence-corrected chi connectivity index (χ4v) is 5.11. The fourth-order valence-electron chi connectivity index (χ4n) is 2.64. The number of nitrogens with one attached hydrogen (secondary N) is 1. The van der Waals surface area contributed by atoms with Crippen molar-refractivity contribution in [2.45, 2.75) is 37.1 Å². The molecule has 1 unspecified atom stereocenters. The Morgan fingerprint density at radius 2 is 2.14 bits per heavy atom. The summed E-state index contributed by atoms with van der Waals surface area (Å²) in [5.74, 6) is 0. The molecule has 1 aliphatic rings. The maximum atomic E-state index is 12.5. The van der Waals surface area contributed by atoms with Gasteiger partial charge in [-0.2, -0.15) is 0 Å². The topological polar surface area (TPSA) is 85.1 Å². The molecule has 0 amide bonds. The summed E-state index contributed by atoms with van der Waals surface area (Å²) in [4.78, 5) is 5.71. The SMILES string of the molecule is Cc1ccccc1S(=O)(=O)NC1CCc2nc(N)sc2C1. The molecule has 112 valence electrons. The molecule has 3 N–H and O–H groups in total. The van der Waals surface area contributed by atoms with Crippen LogP contribution in [0.4, 0.5) is 5.13 Å². The molecular weight excluding hydrogens is 306 g/mol. The van der Waals surface area contributed by atoms with Gasteiger partial charge in [0.15, 0.2) is 5.13 Å². The summed E-state index contributed by atoms with van der Waals surface area (Å²) < 4.78 is 27.8. The molecule has 0 bridgehead atoms. The van der Waals surface area contributed by atoms with E-state index in [-0.39, 0.29) is 6.04 Å². The van der Waals surface area contributed by atoms with Crippen molar-refractivity contribution >= 4 is 26.5 Å². The molecule has 5 nitrogen and oxygen atoms in total. The lowest BCUT2D eigenvalue weighted by Gasteiger charge is -2.22. The van der Waals surface area contributed by atoms with Crippen LogP contribution in [-0.4, -0.2) is 19.4 Å². The largest absolute Gasteiger partial charge is 0.375 e. The molecule has 21 heavy (non-hydrogen) atoms. The lowest BCUT2D eigenvalue weighted by molar-refractivity contribution is 0.507. The summed E-state index contributed by atoms with van der Waals surface area (Å²) in [5.41, 5.74) is 7.48. The van der Waals surface area contributed by atoms with Crippen molar-refractivity contribution in [1.29, 1.82) is 0 Å². The highest BCUT2D eigenvalue weighted by Gasteiger charge is 2.27. The zero-order chi connectivity index (χ0) is 15.0. The summed E-state index contributed by atoms with van der Waals surface area (Å²) in [5, 5.41) is 0.558. The van der Waals surface area contributed by atoms with Gasteiger partial charge in [-0.1, -0.05) is 18.2 Å². The minimum atomic E-state index is -3.48. The fraction of sp³-hybridized carbons (Fsp3) is 0.357. The van der Waals surface area contributed by atoms with E-state index >= 15 is 0 Å². The molecule has 0 spiro atoms. The summed E-state index contributed by atoms with van der Waals surface area (Å²) in [6.07, 6.45) is 2.18. The Labute approximate surface area is 128 Å². The first-order valence-electron chi connectivity index (χ1n) is 6.78. The predicted molar refractivity (Wildman–Crippen MR) is 83.8 cm³/mol. The van der Waals surface area contributed by atoms with Gasteiger partial charge in [-0.25, -0.2) is 18.1 Å². The molecule has 0 aliphatic heterocycles. The minimum Gasteiger partial charge on any atom is -0.375 e. The van der Waals surface area contributed by atoms with E-state index in [4.69, 9.17) is 5.73 Å². The quantitative estimate of drug-likeness (QED) is 0.903. The number of nitrogens with zero attached hydrogens (tertiary/aromatic N) is 1. The van der Waals surface area contributed by atoms with Gasteiger partial charge in [0.05, 0.1) is 10.6 Å². The smallest absolute Gasteiger partial charge is 0.241 e. The van der Waals surface area contributed by atoms with Crippen molar-refractivity contribution in [2.75, 3.05) is 5.73 Å². The molecule has 1 atom stereocenters. The number of aryl methyl sites for hydroxylation is 2. The third-order valence-corrected chi connectivity index (χ3v) is 6.29. The molecule has 1 heterocycles. The molecule has 0 fully saturated rings. The molecule has 0 saturated carbocycles. The third-order valence-electron chi connectivity index (χ3n) is 3.66. The van der Waals surface area contributed by atoms with Crippen LogP contribution in [-0.2, 0) is 22.9 Å². The summed E-state index contributed by atoms with van der Waals surface area (Å²) in [6.45, 7) is 1.80. The van der Waals surface area contributed by atoms with Crippen LogP contribution in [0.2, 0.25) is 0 Å². The molecule has 1 aliphatic carbocycles. The van der Waals surface area contributed by atoms with Crippen LogP contribution in [0.15, 0.2) is 29.2 Å². The number of fused-ring (bicyclic) bond motifs is 1. The Bertz CT molecular complexity index is 768. The summed E-state index contributed by atoms with van der Waals surface area (Å²) in [6, 6.07) is 6.92. The lowest BCUT2D eigenvalue weighted by atomic mass is 9.99. The van der Waals surface area contributed by atoms with E-state index in [9.17, 15) is 8.42 Å². The molecule has 3 rings (SSSR count). The van der Waals surface area contributed by atoms with Gasteiger partial charge in [-0.15, -0.1) is 11.3 Å². The minimum absolute atomic E-state index is 0.0954. The summed E-state index contributed by atoms with van der Waals surface area (Å²) >= 11 is 1.45. The number of nitrogens with two attached hydrogens (primary N) is 1. The van der Waals surface area contributed by atoms with Crippen molar-refractivity contribution in [3.05, 3.63) is 40.4 Å². The highest BCUT2D eigenvalue weighted by molar-refractivity contribution is 7.89. The lowest BCUT2D eigenvalue weighted by Crippen LogP contribution is -2.38. The van der Waals surface area contributed by atoms with Crippen LogP contribution in [0, 0.1) is 6.92 Å². The average molecular weight is 323 g/mol. The third kappa shape index (κ3) is 2.95. The van der Waals surface area contributed by atoms with Gasteiger partial charge in [0, 0.05) is 17.3 Å². The van der Waals surface area contributed by atoms with E-state index in [1.165, 1.54) is 11.3 Å². The number of thiazole rings is 1. The first-order chi connectivity index (χ1) is 9.95. The number of benzene rings is 1. The van der Waals surface area contributed by atoms with Gasteiger partial charge < -0.3 is 5.73 Å². The first-order valence-corrected chi connectivity index (χ1v) is 9.08. The maximum Gasteiger partial charge on any atom is 0.241 e. The van der Waals surface area contributed by atoms with Gasteiger partial charge in [-0.05, 0) is 31.4 Å². The Morgan fingerprint density at radius 1 is 1.38 bits per heavy atom. The number of anilines is 1. The second-order valence-electron chi connectivity index (χ2n) is 5.25. The second kappa shape index (κ2) is 5.40. The molecule has 2 aromatic rings. The first kappa shape index (κ1) is 14.5. The number of hydrogen-bond donors (Lipinski definition) is 2. The van der Waals surface area contributed by atoms with Crippen molar-refractivity contribution in [2.24, 2.45) is 0 Å².